The van der Waals surface area contributed by atoms with Crippen LogP contribution >= 0.6 is 11.3 Å². The Kier molecular flexibility index (Phi) is 6.19. The summed E-state index contributed by atoms with van der Waals surface area (Å²) in [5.74, 6) is -1.26. The van der Waals surface area contributed by atoms with Gasteiger partial charge in [0.05, 0.1) is 17.6 Å². The zero-order valence-electron chi connectivity index (χ0n) is 18.4. The van der Waals surface area contributed by atoms with E-state index in [1.165, 1.54) is 42.7 Å². The van der Waals surface area contributed by atoms with Crippen LogP contribution in [0.25, 0.3) is 21.6 Å². The smallest absolute Gasteiger partial charge is 0.264 e. The summed E-state index contributed by atoms with van der Waals surface area (Å²) in [6.07, 6.45) is 0.711. The van der Waals surface area contributed by atoms with Crippen LogP contribution in [-0.2, 0) is 0 Å². The average molecular weight is 468 g/mol. The molecule has 3 aromatic rings. The van der Waals surface area contributed by atoms with Gasteiger partial charge in [-0.25, -0.2) is 8.78 Å². The van der Waals surface area contributed by atoms with Gasteiger partial charge < -0.3 is 15.4 Å². The van der Waals surface area contributed by atoms with E-state index in [2.05, 4.69) is 0 Å². The molecular formula is C25H23F2N3O2S. The summed E-state index contributed by atoms with van der Waals surface area (Å²) in [7, 11) is 1.38. The van der Waals surface area contributed by atoms with Crippen LogP contribution in [0.4, 0.5) is 8.78 Å². The van der Waals surface area contributed by atoms with Crippen LogP contribution in [0.2, 0.25) is 0 Å². The second-order valence-electron chi connectivity index (χ2n) is 8.21. The van der Waals surface area contributed by atoms with Crippen molar-refractivity contribution >= 4 is 17.2 Å². The van der Waals surface area contributed by atoms with Gasteiger partial charge in [0.25, 0.3) is 5.91 Å². The summed E-state index contributed by atoms with van der Waals surface area (Å²) in [6, 6.07) is 12.1. The molecule has 0 spiro atoms. The second-order valence-corrected chi connectivity index (χ2v) is 9.26. The lowest BCUT2D eigenvalue weighted by Crippen LogP contribution is -2.42. The first kappa shape index (κ1) is 22.9. The van der Waals surface area contributed by atoms with E-state index < -0.39 is 11.6 Å². The van der Waals surface area contributed by atoms with Crippen LogP contribution in [-0.4, -0.2) is 36.0 Å². The Morgan fingerprint density at radius 3 is 2.42 bits per heavy atom. The van der Waals surface area contributed by atoms with Crippen molar-refractivity contribution in [3.05, 3.63) is 64.5 Å². The van der Waals surface area contributed by atoms with Gasteiger partial charge in [-0.2, -0.15) is 5.26 Å². The average Bonchev–Trinajstić information content (AvgIpc) is 3.34. The second kappa shape index (κ2) is 8.93. The Bertz CT molecular complexity index is 1270. The monoisotopic (exact) mass is 467 g/mol. The molecule has 2 N–H and O–H groups in total. The van der Waals surface area contributed by atoms with Crippen LogP contribution in [0, 0.1) is 23.0 Å². The normalized spacial score (nSPS) is 20.0. The molecule has 170 valence electrons. The van der Waals surface area contributed by atoms with E-state index in [1.54, 1.807) is 29.2 Å². The van der Waals surface area contributed by atoms with E-state index in [1.807, 2.05) is 13.8 Å². The lowest BCUT2D eigenvalue weighted by molar-refractivity contribution is 0.0693. The first-order chi connectivity index (χ1) is 15.7. The third-order valence-electron chi connectivity index (χ3n) is 6.14. The van der Waals surface area contributed by atoms with Gasteiger partial charge in [0.15, 0.2) is 11.6 Å². The van der Waals surface area contributed by atoms with Crippen molar-refractivity contribution in [3.8, 4) is 33.4 Å². The first-order valence-electron chi connectivity index (χ1n) is 10.5. The van der Waals surface area contributed by atoms with Crippen LogP contribution in [0.1, 0.15) is 35.5 Å². The van der Waals surface area contributed by atoms with E-state index in [0.717, 1.165) is 0 Å². The molecule has 8 heteroatoms. The molecule has 0 bridgehead atoms. The number of halogens is 2. The van der Waals surface area contributed by atoms with E-state index in [0.29, 0.717) is 32.9 Å². The molecule has 0 aliphatic carbocycles. The fourth-order valence-electron chi connectivity index (χ4n) is 4.33. The molecule has 1 fully saturated rings. The third kappa shape index (κ3) is 4.10. The van der Waals surface area contributed by atoms with Gasteiger partial charge >= 0.3 is 0 Å². The van der Waals surface area contributed by atoms with Crippen LogP contribution in [0.15, 0.2) is 42.5 Å². The number of ether oxygens (including phenoxy) is 1. The molecule has 2 aromatic carbocycles. The molecule has 3 unspecified atom stereocenters. The van der Waals surface area contributed by atoms with Gasteiger partial charge in [0.1, 0.15) is 11.9 Å². The molecule has 2 heterocycles. The van der Waals surface area contributed by atoms with Crippen LogP contribution in [0.3, 0.4) is 0 Å². The maximum Gasteiger partial charge on any atom is 0.264 e. The highest BCUT2D eigenvalue weighted by molar-refractivity contribution is 7.18. The molecule has 5 nitrogen and oxygen atoms in total. The minimum atomic E-state index is -0.659. The third-order valence-corrected chi connectivity index (χ3v) is 7.31. The number of hydrogen-bond donors (Lipinski definition) is 1. The minimum Gasteiger partial charge on any atom is -0.494 e. The van der Waals surface area contributed by atoms with E-state index in [9.17, 15) is 13.6 Å². The molecule has 0 radical (unpaired) electrons. The van der Waals surface area contributed by atoms with E-state index in [-0.39, 0.29) is 35.3 Å². The summed E-state index contributed by atoms with van der Waals surface area (Å²) in [5, 5.41) is 9.06. The summed E-state index contributed by atoms with van der Waals surface area (Å²) in [4.78, 5) is 16.3. The Morgan fingerprint density at radius 2 is 1.85 bits per heavy atom. The molecule has 3 atom stereocenters. The zero-order chi connectivity index (χ0) is 23.9. The van der Waals surface area contributed by atoms with Crippen molar-refractivity contribution in [3.63, 3.8) is 0 Å². The largest absolute Gasteiger partial charge is 0.494 e. The van der Waals surface area contributed by atoms with Gasteiger partial charge in [-0.05, 0) is 67.8 Å². The number of rotatable bonds is 4. The molecule has 1 aliphatic rings. The Hall–Kier alpha value is -3.28. The number of nitrogens with zero attached hydrogens (tertiary/aromatic N) is 2. The summed E-state index contributed by atoms with van der Waals surface area (Å²) in [5.41, 5.74) is 7.71. The molecule has 1 aromatic heterocycles. The fraction of sp³-hybridized carbons (Fsp3) is 0.280. The van der Waals surface area contributed by atoms with E-state index in [4.69, 9.17) is 15.7 Å². The first-order valence-corrected chi connectivity index (χ1v) is 11.3. The highest BCUT2D eigenvalue weighted by atomic mass is 32.1. The van der Waals surface area contributed by atoms with Gasteiger partial charge in [0, 0.05) is 28.6 Å². The van der Waals surface area contributed by atoms with Crippen molar-refractivity contribution in [1.82, 2.24) is 4.90 Å². The highest BCUT2D eigenvalue weighted by Crippen LogP contribution is 2.42. The molecule has 4 rings (SSSR count). The van der Waals surface area contributed by atoms with Gasteiger partial charge in [-0.15, -0.1) is 11.3 Å². The van der Waals surface area contributed by atoms with Crippen LogP contribution in [0.5, 0.6) is 5.75 Å². The molecule has 1 saturated heterocycles. The summed E-state index contributed by atoms with van der Waals surface area (Å²) < 4.78 is 33.9. The van der Waals surface area contributed by atoms with Crippen molar-refractivity contribution in [1.29, 1.82) is 5.26 Å². The number of nitriles is 1. The van der Waals surface area contributed by atoms with Gasteiger partial charge in [-0.3, -0.25) is 4.79 Å². The SMILES string of the molecule is COc1ccc(-c2sc(C(=O)N3C(C)CC(N)C3C)cc2-c2ccc(C#N)c(F)c2)cc1F. The van der Waals surface area contributed by atoms with Gasteiger partial charge in [0.2, 0.25) is 0 Å². The zero-order valence-corrected chi connectivity index (χ0v) is 19.2. The minimum absolute atomic E-state index is 0.0118. The number of methoxy groups -OCH3 is 1. The maximum atomic E-state index is 14.5. The van der Waals surface area contributed by atoms with Crippen molar-refractivity contribution < 1.29 is 18.3 Å². The molecule has 1 amide bonds. The molecule has 0 saturated carbocycles. The van der Waals surface area contributed by atoms with Crippen molar-refractivity contribution in [2.75, 3.05) is 7.11 Å². The molecule has 33 heavy (non-hydrogen) atoms. The fourth-order valence-corrected chi connectivity index (χ4v) is 5.45. The van der Waals surface area contributed by atoms with E-state index >= 15 is 0 Å². The number of hydrogen-bond acceptors (Lipinski definition) is 5. The standard InChI is InChI=1S/C25H23F2N3O2S/c1-13-8-21(29)14(2)30(13)25(31)23-11-18(15-4-5-17(12-28)19(26)9-15)24(33-23)16-6-7-22(32-3)20(27)10-16/h4-7,9-11,13-14,21H,8,29H2,1-3H3. The number of benzene rings is 2. The Balaban J connectivity index is 1.85. The lowest BCUT2D eigenvalue weighted by atomic mass is 10.0. The number of carbonyl (C=O) groups excluding carboxylic acids is 1. The predicted molar refractivity (Wildman–Crippen MR) is 124 cm³/mol. The number of amides is 1. The number of likely N-dealkylation sites (tertiary alicyclic amines) is 1. The number of nitrogens with two attached hydrogens (primary N) is 1. The maximum absolute atomic E-state index is 14.5. The number of thiophene rings is 1. The highest BCUT2D eigenvalue weighted by Gasteiger charge is 2.38. The van der Waals surface area contributed by atoms with Crippen molar-refractivity contribution in [2.24, 2.45) is 5.73 Å². The molecule has 1 aliphatic heterocycles. The number of carbonyl (C=O) groups is 1. The quantitative estimate of drug-likeness (QED) is 0.573. The van der Waals surface area contributed by atoms with Crippen molar-refractivity contribution in [2.45, 2.75) is 38.4 Å². The summed E-state index contributed by atoms with van der Waals surface area (Å²) in [6.45, 7) is 3.89. The Morgan fingerprint density at radius 1 is 1.15 bits per heavy atom. The Labute approximate surface area is 195 Å². The molecular weight excluding hydrogens is 444 g/mol. The predicted octanol–water partition coefficient (Wildman–Crippen LogP) is 5.19. The topological polar surface area (TPSA) is 79.3 Å². The summed E-state index contributed by atoms with van der Waals surface area (Å²) >= 11 is 1.22. The van der Waals surface area contributed by atoms with Crippen LogP contribution < -0.4 is 10.5 Å². The lowest BCUT2D eigenvalue weighted by Gasteiger charge is -2.26. The van der Waals surface area contributed by atoms with Gasteiger partial charge in [-0.1, -0.05) is 6.07 Å².